The van der Waals surface area contributed by atoms with Crippen LogP contribution in [0.3, 0.4) is 0 Å². The molecule has 1 saturated carbocycles. The van der Waals surface area contributed by atoms with Crippen LogP contribution in [0.5, 0.6) is 0 Å². The summed E-state index contributed by atoms with van der Waals surface area (Å²) in [4.78, 5) is 0.337. The van der Waals surface area contributed by atoms with Gasteiger partial charge in [-0.25, -0.2) is 8.42 Å². The van der Waals surface area contributed by atoms with E-state index < -0.39 is 9.84 Å². The normalized spacial score (nSPS) is 19.6. The maximum Gasteiger partial charge on any atom is 0.175 e. The second-order valence-electron chi connectivity index (χ2n) is 6.08. The highest BCUT2D eigenvalue weighted by molar-refractivity contribution is 7.90. The first-order chi connectivity index (χ1) is 9.88. The Labute approximate surface area is 127 Å². The molecule has 0 amide bonds. The number of aliphatic hydroxyl groups is 1. The highest BCUT2D eigenvalue weighted by Gasteiger charge is 2.23. The Morgan fingerprint density at radius 3 is 2.33 bits per heavy atom. The minimum absolute atomic E-state index is 0.0923. The van der Waals surface area contributed by atoms with E-state index in [0.29, 0.717) is 17.4 Å². The predicted molar refractivity (Wildman–Crippen MR) is 83.9 cm³/mol. The fraction of sp³-hybridized carbons (Fsp3) is 0.625. The van der Waals surface area contributed by atoms with Crippen LogP contribution in [0, 0.1) is 5.92 Å². The van der Waals surface area contributed by atoms with Crippen LogP contribution in [0.15, 0.2) is 29.2 Å². The van der Waals surface area contributed by atoms with Crippen molar-refractivity contribution in [1.29, 1.82) is 0 Å². The zero-order valence-electron chi connectivity index (χ0n) is 12.7. The number of aliphatic hydroxyl groups excluding tert-OH is 1. The summed E-state index contributed by atoms with van der Waals surface area (Å²) < 4.78 is 22.9. The van der Waals surface area contributed by atoms with Crippen molar-refractivity contribution >= 4 is 9.84 Å². The van der Waals surface area contributed by atoms with Crippen molar-refractivity contribution in [3.63, 3.8) is 0 Å². The minimum Gasteiger partial charge on any atom is -0.392 e. The summed E-state index contributed by atoms with van der Waals surface area (Å²) in [5, 5.41) is 13.5. The summed E-state index contributed by atoms with van der Waals surface area (Å²) in [5.74, 6) is 0.428. The van der Waals surface area contributed by atoms with Gasteiger partial charge in [-0.15, -0.1) is 0 Å². The second-order valence-corrected chi connectivity index (χ2v) is 8.10. The van der Waals surface area contributed by atoms with Gasteiger partial charge >= 0.3 is 0 Å². The first kappa shape index (κ1) is 16.5. The first-order valence-electron chi connectivity index (χ1n) is 7.59. The maximum atomic E-state index is 11.4. The van der Waals surface area contributed by atoms with Crippen molar-refractivity contribution in [3.05, 3.63) is 29.8 Å². The summed E-state index contributed by atoms with van der Waals surface area (Å²) in [6, 6.07) is 7.02. The fourth-order valence-corrected chi connectivity index (χ4v) is 3.56. The van der Waals surface area contributed by atoms with Crippen molar-refractivity contribution in [2.24, 2.45) is 5.92 Å². The van der Waals surface area contributed by atoms with E-state index in [1.54, 1.807) is 12.1 Å². The third kappa shape index (κ3) is 4.53. The molecule has 0 spiro atoms. The van der Waals surface area contributed by atoms with Crippen molar-refractivity contribution in [3.8, 4) is 0 Å². The van der Waals surface area contributed by atoms with Gasteiger partial charge in [0.1, 0.15) is 0 Å². The lowest BCUT2D eigenvalue weighted by Crippen LogP contribution is -2.33. The quantitative estimate of drug-likeness (QED) is 0.846. The SMILES string of the molecule is CC(NCC(O)C1CCCC1)c1ccc(S(C)(=O)=O)cc1. The standard InChI is InChI=1S/C16H25NO3S/c1-12(17-11-16(18)14-5-3-4-6-14)13-7-9-15(10-8-13)21(2,19)20/h7-10,12,14,16-18H,3-6,11H2,1-2H3. The van der Waals surface area contributed by atoms with Gasteiger partial charge in [0.05, 0.1) is 11.0 Å². The van der Waals surface area contributed by atoms with Crippen LogP contribution in [0.25, 0.3) is 0 Å². The minimum atomic E-state index is -3.14. The van der Waals surface area contributed by atoms with Crippen LogP contribution in [0.4, 0.5) is 0 Å². The zero-order valence-corrected chi connectivity index (χ0v) is 13.6. The Hall–Kier alpha value is -0.910. The summed E-state index contributed by atoms with van der Waals surface area (Å²) in [6.07, 6.45) is 5.63. The summed E-state index contributed by atoms with van der Waals surface area (Å²) in [6.45, 7) is 2.61. The Kier molecular flexibility index (Phi) is 5.41. The molecular weight excluding hydrogens is 286 g/mol. The number of hydrogen-bond donors (Lipinski definition) is 2. The Morgan fingerprint density at radius 2 is 1.81 bits per heavy atom. The molecule has 0 heterocycles. The van der Waals surface area contributed by atoms with Crippen LogP contribution in [0.1, 0.15) is 44.2 Å². The number of nitrogens with one attached hydrogen (secondary N) is 1. The molecule has 2 atom stereocenters. The molecule has 2 N–H and O–H groups in total. The molecule has 0 aromatic heterocycles. The van der Waals surface area contributed by atoms with Crippen molar-refractivity contribution in [2.45, 2.75) is 49.6 Å². The Morgan fingerprint density at radius 1 is 1.24 bits per heavy atom. The molecule has 1 aliphatic rings. The van der Waals surface area contributed by atoms with Gasteiger partial charge in [0.25, 0.3) is 0 Å². The molecule has 0 radical (unpaired) electrons. The molecule has 1 fully saturated rings. The molecule has 0 aliphatic heterocycles. The fourth-order valence-electron chi connectivity index (χ4n) is 2.93. The lowest BCUT2D eigenvalue weighted by molar-refractivity contribution is 0.106. The van der Waals surface area contributed by atoms with Gasteiger partial charge in [-0.05, 0) is 43.4 Å². The number of hydrogen-bond acceptors (Lipinski definition) is 4. The Balaban J connectivity index is 1.89. The third-order valence-corrected chi connectivity index (χ3v) is 5.51. The lowest BCUT2D eigenvalue weighted by Gasteiger charge is -2.21. The largest absolute Gasteiger partial charge is 0.392 e. The van der Waals surface area contributed by atoms with E-state index in [4.69, 9.17) is 0 Å². The van der Waals surface area contributed by atoms with Gasteiger partial charge in [0.15, 0.2) is 9.84 Å². The molecule has 1 aromatic rings. The predicted octanol–water partition coefficient (Wildman–Crippen LogP) is 2.29. The molecule has 1 aliphatic carbocycles. The van der Waals surface area contributed by atoms with E-state index in [-0.39, 0.29) is 12.1 Å². The molecule has 4 nitrogen and oxygen atoms in total. The topological polar surface area (TPSA) is 66.4 Å². The first-order valence-corrected chi connectivity index (χ1v) is 9.48. The van der Waals surface area contributed by atoms with Gasteiger partial charge in [-0.2, -0.15) is 0 Å². The van der Waals surface area contributed by atoms with Crippen LogP contribution in [-0.4, -0.2) is 32.4 Å². The molecule has 21 heavy (non-hydrogen) atoms. The molecule has 5 heteroatoms. The van der Waals surface area contributed by atoms with E-state index in [1.165, 1.54) is 19.1 Å². The highest BCUT2D eigenvalue weighted by atomic mass is 32.2. The molecule has 0 bridgehead atoms. The molecule has 2 rings (SSSR count). The van der Waals surface area contributed by atoms with Gasteiger partial charge in [0.2, 0.25) is 0 Å². The number of benzene rings is 1. The van der Waals surface area contributed by atoms with E-state index >= 15 is 0 Å². The lowest BCUT2D eigenvalue weighted by atomic mass is 10.0. The number of rotatable bonds is 6. The van der Waals surface area contributed by atoms with E-state index in [2.05, 4.69) is 5.32 Å². The van der Waals surface area contributed by atoms with Crippen molar-refractivity contribution in [1.82, 2.24) is 5.32 Å². The molecule has 0 saturated heterocycles. The van der Waals surface area contributed by atoms with Crippen LogP contribution in [-0.2, 0) is 9.84 Å². The van der Waals surface area contributed by atoms with Crippen LogP contribution in [0.2, 0.25) is 0 Å². The zero-order chi connectivity index (χ0) is 15.5. The second kappa shape index (κ2) is 6.90. The van der Waals surface area contributed by atoms with Gasteiger partial charge in [-0.1, -0.05) is 25.0 Å². The van der Waals surface area contributed by atoms with E-state index in [9.17, 15) is 13.5 Å². The van der Waals surface area contributed by atoms with Crippen molar-refractivity contribution in [2.75, 3.05) is 12.8 Å². The molecule has 1 aromatic carbocycles. The van der Waals surface area contributed by atoms with E-state index in [1.807, 2.05) is 19.1 Å². The average molecular weight is 311 g/mol. The van der Waals surface area contributed by atoms with Crippen molar-refractivity contribution < 1.29 is 13.5 Å². The van der Waals surface area contributed by atoms with Crippen LogP contribution >= 0.6 is 0 Å². The summed E-state index contributed by atoms with van der Waals surface area (Å²) >= 11 is 0. The summed E-state index contributed by atoms with van der Waals surface area (Å²) in [7, 11) is -3.14. The molecular formula is C16H25NO3S. The monoisotopic (exact) mass is 311 g/mol. The number of sulfone groups is 1. The maximum absolute atomic E-state index is 11.4. The summed E-state index contributed by atoms with van der Waals surface area (Å²) in [5.41, 5.74) is 1.03. The van der Waals surface area contributed by atoms with Gasteiger partial charge in [-0.3, -0.25) is 0 Å². The highest BCUT2D eigenvalue weighted by Crippen LogP contribution is 2.27. The van der Waals surface area contributed by atoms with Crippen LogP contribution < -0.4 is 5.32 Å². The molecule has 2 unspecified atom stereocenters. The Bertz CT molecular complexity index is 547. The third-order valence-electron chi connectivity index (χ3n) is 4.39. The smallest absolute Gasteiger partial charge is 0.175 e. The van der Waals surface area contributed by atoms with E-state index in [0.717, 1.165) is 18.4 Å². The van der Waals surface area contributed by atoms with Gasteiger partial charge in [0, 0.05) is 18.8 Å². The molecule has 118 valence electrons. The average Bonchev–Trinajstić information content (AvgIpc) is 2.98. The van der Waals surface area contributed by atoms with Gasteiger partial charge < -0.3 is 10.4 Å².